The Hall–Kier alpha value is -8.47. The molecule has 0 bridgehead atoms. The minimum atomic E-state index is 0.683. The van der Waals surface area contributed by atoms with Gasteiger partial charge in [0.05, 0.1) is 16.9 Å². The van der Waals surface area contributed by atoms with Gasteiger partial charge in [0.25, 0.3) is 0 Å². The third-order valence-corrected chi connectivity index (χ3v) is 12.1. The van der Waals surface area contributed by atoms with Crippen LogP contribution in [0.3, 0.4) is 0 Å². The molecular formula is C59H37N3O. The molecule has 3 heterocycles. The van der Waals surface area contributed by atoms with Gasteiger partial charge >= 0.3 is 0 Å². The van der Waals surface area contributed by atoms with Crippen molar-refractivity contribution in [3.63, 3.8) is 0 Å². The molecule has 9 aromatic carbocycles. The summed E-state index contributed by atoms with van der Waals surface area (Å²) in [5.41, 5.74) is 16.1. The molecule has 0 unspecified atom stereocenters. The zero-order valence-corrected chi connectivity index (χ0v) is 34.1. The van der Waals surface area contributed by atoms with Crippen molar-refractivity contribution in [3.05, 3.63) is 224 Å². The van der Waals surface area contributed by atoms with E-state index < -0.39 is 0 Å². The molecule has 0 atom stereocenters. The van der Waals surface area contributed by atoms with Crippen LogP contribution in [0.15, 0.2) is 229 Å². The average Bonchev–Trinajstić information content (AvgIpc) is 3.76. The summed E-state index contributed by atoms with van der Waals surface area (Å²) in [6.07, 6.45) is 0. The Bertz CT molecular complexity index is 3520. The summed E-state index contributed by atoms with van der Waals surface area (Å²) < 4.78 is 6.58. The summed E-state index contributed by atoms with van der Waals surface area (Å²) in [5.74, 6) is 0.683. The minimum absolute atomic E-state index is 0.683. The minimum Gasteiger partial charge on any atom is -0.454 e. The third-order valence-electron chi connectivity index (χ3n) is 12.1. The lowest BCUT2D eigenvalue weighted by atomic mass is 9.98. The maximum absolute atomic E-state index is 6.58. The number of rotatable bonds is 7. The summed E-state index contributed by atoms with van der Waals surface area (Å²) in [4.78, 5) is 15.6. The van der Waals surface area contributed by atoms with E-state index in [0.29, 0.717) is 5.82 Å². The van der Waals surface area contributed by atoms with Gasteiger partial charge in [-0.05, 0) is 68.4 Å². The van der Waals surface area contributed by atoms with E-state index in [2.05, 4.69) is 200 Å². The molecule has 0 saturated carbocycles. The van der Waals surface area contributed by atoms with Crippen molar-refractivity contribution in [2.24, 2.45) is 0 Å². The van der Waals surface area contributed by atoms with Crippen molar-refractivity contribution in [3.8, 4) is 78.5 Å². The van der Waals surface area contributed by atoms with E-state index in [1.807, 2.05) is 24.3 Å². The first-order valence-corrected chi connectivity index (χ1v) is 21.2. The topological polar surface area (TPSA) is 51.8 Å². The summed E-state index contributed by atoms with van der Waals surface area (Å²) in [6.45, 7) is 0. The number of aromatic nitrogens is 3. The summed E-state index contributed by atoms with van der Waals surface area (Å²) >= 11 is 0. The van der Waals surface area contributed by atoms with Crippen LogP contribution in [-0.2, 0) is 0 Å². The first kappa shape index (κ1) is 36.4. The van der Waals surface area contributed by atoms with Crippen LogP contribution in [0.5, 0.6) is 0 Å². The van der Waals surface area contributed by atoms with E-state index in [1.54, 1.807) is 0 Å². The molecule has 63 heavy (non-hydrogen) atoms. The molecule has 4 nitrogen and oxygen atoms in total. The van der Waals surface area contributed by atoms with Crippen LogP contribution in [0.4, 0.5) is 0 Å². The fourth-order valence-corrected chi connectivity index (χ4v) is 8.80. The smallest absolute Gasteiger partial charge is 0.162 e. The van der Waals surface area contributed by atoms with Gasteiger partial charge in [-0.2, -0.15) is 0 Å². The standard InChI is InChI=1S/C59H37N3O/c1-3-11-38(12-4-1)40-19-27-44(28-20-40)52-37-53(62-59(61-52)47-33-25-41(26-34-47)39-13-5-2-6-14-39)45-29-21-42(22-30-45)43-23-31-46(32-24-43)57-58-56(50-17-9-10-18-55(50)63-58)51-35-48-15-7-8-16-49(48)36-54(51)60-57/h1-37H. The molecule has 0 aliphatic rings. The Kier molecular flexibility index (Phi) is 8.79. The van der Waals surface area contributed by atoms with E-state index in [9.17, 15) is 0 Å². The molecule has 0 fully saturated rings. The predicted octanol–water partition coefficient (Wildman–Crippen LogP) is 15.7. The van der Waals surface area contributed by atoms with Gasteiger partial charge in [-0.25, -0.2) is 15.0 Å². The van der Waals surface area contributed by atoms with E-state index in [1.165, 1.54) is 27.5 Å². The largest absolute Gasteiger partial charge is 0.454 e. The maximum Gasteiger partial charge on any atom is 0.162 e. The molecule has 294 valence electrons. The number of fused-ring (bicyclic) bond motifs is 6. The molecule has 0 amide bonds. The number of hydrogen-bond donors (Lipinski definition) is 0. The van der Waals surface area contributed by atoms with Crippen LogP contribution in [-0.4, -0.2) is 15.0 Å². The second-order valence-corrected chi connectivity index (χ2v) is 16.0. The molecule has 12 rings (SSSR count). The molecule has 0 saturated heterocycles. The van der Waals surface area contributed by atoms with Crippen LogP contribution in [0.2, 0.25) is 0 Å². The van der Waals surface area contributed by atoms with Crippen molar-refractivity contribution in [1.29, 1.82) is 0 Å². The van der Waals surface area contributed by atoms with Gasteiger partial charge in [-0.1, -0.05) is 200 Å². The number of hydrogen-bond acceptors (Lipinski definition) is 4. The summed E-state index contributed by atoms with van der Waals surface area (Å²) in [6, 6.07) is 78.6. The zero-order chi connectivity index (χ0) is 41.7. The fourth-order valence-electron chi connectivity index (χ4n) is 8.80. The van der Waals surface area contributed by atoms with Crippen molar-refractivity contribution in [1.82, 2.24) is 15.0 Å². The number of pyridine rings is 1. The fraction of sp³-hybridized carbons (Fsp3) is 0. The molecule has 0 spiro atoms. The highest BCUT2D eigenvalue weighted by molar-refractivity contribution is 6.22. The monoisotopic (exact) mass is 803 g/mol. The Balaban J connectivity index is 0.895. The van der Waals surface area contributed by atoms with E-state index in [4.69, 9.17) is 19.4 Å². The van der Waals surface area contributed by atoms with Gasteiger partial charge in [0.1, 0.15) is 11.3 Å². The van der Waals surface area contributed by atoms with Crippen LogP contribution >= 0.6 is 0 Å². The third kappa shape index (κ3) is 6.71. The van der Waals surface area contributed by atoms with Gasteiger partial charge in [-0.15, -0.1) is 0 Å². The van der Waals surface area contributed by atoms with Crippen LogP contribution in [0.1, 0.15) is 0 Å². The van der Waals surface area contributed by atoms with E-state index in [0.717, 1.165) is 88.9 Å². The quantitative estimate of drug-likeness (QED) is 0.151. The molecule has 12 aromatic rings. The Morgan fingerprint density at radius 3 is 1.29 bits per heavy atom. The van der Waals surface area contributed by atoms with Crippen molar-refractivity contribution < 1.29 is 4.42 Å². The number of benzene rings is 9. The molecule has 0 aliphatic carbocycles. The maximum atomic E-state index is 6.58. The second-order valence-electron chi connectivity index (χ2n) is 16.0. The first-order chi connectivity index (χ1) is 31.2. The van der Waals surface area contributed by atoms with Crippen molar-refractivity contribution >= 4 is 43.6 Å². The Morgan fingerprint density at radius 2 is 0.730 bits per heavy atom. The van der Waals surface area contributed by atoms with Gasteiger partial charge in [0, 0.05) is 38.4 Å². The van der Waals surface area contributed by atoms with Gasteiger partial charge < -0.3 is 4.42 Å². The SMILES string of the molecule is c1ccc(-c2ccc(-c3cc(-c4ccc(-c5ccc(-c6nc7cc8ccccc8cc7c7c6oc6ccccc67)cc5)cc4)nc(-c4ccc(-c5ccccc5)cc4)n3)cc2)cc1. The highest BCUT2D eigenvalue weighted by Gasteiger charge is 2.19. The number of para-hydroxylation sites is 1. The number of furan rings is 1. The van der Waals surface area contributed by atoms with Gasteiger partial charge in [-0.3, -0.25) is 0 Å². The van der Waals surface area contributed by atoms with Gasteiger partial charge in [0.2, 0.25) is 0 Å². The zero-order valence-electron chi connectivity index (χ0n) is 34.1. The Labute approximate surface area is 364 Å². The molecular weight excluding hydrogens is 767 g/mol. The van der Waals surface area contributed by atoms with E-state index in [-0.39, 0.29) is 0 Å². The molecule has 0 aliphatic heterocycles. The normalized spacial score (nSPS) is 11.5. The highest BCUT2D eigenvalue weighted by atomic mass is 16.3. The average molecular weight is 804 g/mol. The highest BCUT2D eigenvalue weighted by Crippen LogP contribution is 2.41. The lowest BCUT2D eigenvalue weighted by Crippen LogP contribution is -1.96. The second kappa shape index (κ2) is 15.2. The molecule has 0 radical (unpaired) electrons. The van der Waals surface area contributed by atoms with Crippen LogP contribution < -0.4 is 0 Å². The number of nitrogens with zero attached hydrogens (tertiary/aromatic N) is 3. The van der Waals surface area contributed by atoms with E-state index >= 15 is 0 Å². The van der Waals surface area contributed by atoms with Crippen molar-refractivity contribution in [2.75, 3.05) is 0 Å². The summed E-state index contributed by atoms with van der Waals surface area (Å²) in [5, 5.41) is 5.64. The molecule has 0 N–H and O–H groups in total. The lowest BCUT2D eigenvalue weighted by molar-refractivity contribution is 0.669. The first-order valence-electron chi connectivity index (χ1n) is 21.2. The van der Waals surface area contributed by atoms with Gasteiger partial charge in [0.15, 0.2) is 11.4 Å². The lowest BCUT2D eigenvalue weighted by Gasteiger charge is -2.11. The molecule has 4 heteroatoms. The predicted molar refractivity (Wildman–Crippen MR) is 260 cm³/mol. The molecule has 3 aromatic heterocycles. The van der Waals surface area contributed by atoms with Crippen LogP contribution in [0, 0.1) is 0 Å². The van der Waals surface area contributed by atoms with Crippen molar-refractivity contribution in [2.45, 2.75) is 0 Å². The Morgan fingerprint density at radius 1 is 0.302 bits per heavy atom. The summed E-state index contributed by atoms with van der Waals surface area (Å²) in [7, 11) is 0. The van der Waals surface area contributed by atoms with Crippen LogP contribution in [0.25, 0.3) is 122 Å².